The number of nitrogens with one attached hydrogen (secondary N) is 2. The fourth-order valence-corrected chi connectivity index (χ4v) is 2.37. The van der Waals surface area contributed by atoms with Crippen LogP contribution in [0.4, 0.5) is 17.2 Å². The highest BCUT2D eigenvalue weighted by atomic mass is 16.1. The number of fused-ring (bicyclic) bond motifs is 1. The minimum atomic E-state index is -0.345. The Labute approximate surface area is 140 Å². The summed E-state index contributed by atoms with van der Waals surface area (Å²) < 4.78 is 0. The zero-order chi connectivity index (χ0) is 16.9. The van der Waals surface area contributed by atoms with E-state index in [0.29, 0.717) is 11.5 Å². The SMILES string of the molecule is CC#CC(=O)Nc1ccc2ncnc(Nc3cccc(C)c3)c2c1. The first-order chi connectivity index (χ1) is 11.7. The van der Waals surface area contributed by atoms with Crippen molar-refractivity contribution in [3.8, 4) is 11.8 Å². The lowest BCUT2D eigenvalue weighted by Gasteiger charge is -2.10. The van der Waals surface area contributed by atoms with Crippen LogP contribution in [0.2, 0.25) is 0 Å². The second kappa shape index (κ2) is 6.80. The number of anilines is 3. The fraction of sp³-hybridized carbons (Fsp3) is 0.105. The van der Waals surface area contributed by atoms with E-state index in [1.54, 1.807) is 13.0 Å². The molecule has 0 aliphatic carbocycles. The monoisotopic (exact) mass is 316 g/mol. The lowest BCUT2D eigenvalue weighted by Crippen LogP contribution is -2.08. The van der Waals surface area contributed by atoms with Crippen molar-refractivity contribution in [1.82, 2.24) is 9.97 Å². The molecule has 0 bridgehead atoms. The number of carbonyl (C=O) groups excluding carboxylic acids is 1. The van der Waals surface area contributed by atoms with Crippen LogP contribution < -0.4 is 10.6 Å². The largest absolute Gasteiger partial charge is 0.340 e. The summed E-state index contributed by atoms with van der Waals surface area (Å²) in [5, 5.41) is 6.86. The molecule has 5 nitrogen and oxygen atoms in total. The molecule has 1 heterocycles. The lowest BCUT2D eigenvalue weighted by molar-refractivity contribution is -0.111. The Balaban J connectivity index is 1.97. The molecule has 5 heteroatoms. The minimum absolute atomic E-state index is 0.345. The van der Waals surface area contributed by atoms with E-state index in [4.69, 9.17) is 0 Å². The molecular formula is C19H16N4O. The van der Waals surface area contributed by atoms with E-state index in [2.05, 4.69) is 32.4 Å². The average Bonchev–Trinajstić information content (AvgIpc) is 2.56. The van der Waals surface area contributed by atoms with Gasteiger partial charge in [-0.3, -0.25) is 4.79 Å². The van der Waals surface area contributed by atoms with Crippen molar-refractivity contribution in [2.24, 2.45) is 0 Å². The van der Waals surface area contributed by atoms with Crippen LogP contribution in [0.5, 0.6) is 0 Å². The van der Waals surface area contributed by atoms with E-state index < -0.39 is 0 Å². The summed E-state index contributed by atoms with van der Waals surface area (Å²) in [5.41, 5.74) is 3.54. The Hall–Kier alpha value is -3.39. The molecule has 0 aliphatic heterocycles. The summed E-state index contributed by atoms with van der Waals surface area (Å²) in [6.07, 6.45) is 1.52. The van der Waals surface area contributed by atoms with Gasteiger partial charge in [0.1, 0.15) is 12.1 Å². The van der Waals surface area contributed by atoms with Crippen molar-refractivity contribution in [2.75, 3.05) is 10.6 Å². The van der Waals surface area contributed by atoms with Gasteiger partial charge in [-0.2, -0.15) is 0 Å². The van der Waals surface area contributed by atoms with Gasteiger partial charge in [-0.25, -0.2) is 9.97 Å². The summed E-state index contributed by atoms with van der Waals surface area (Å²) in [4.78, 5) is 20.2. The number of carbonyl (C=O) groups is 1. The van der Waals surface area contributed by atoms with Gasteiger partial charge in [0.2, 0.25) is 0 Å². The molecule has 118 valence electrons. The van der Waals surface area contributed by atoms with Crippen LogP contribution in [0.25, 0.3) is 10.9 Å². The first kappa shape index (κ1) is 15.5. The topological polar surface area (TPSA) is 66.9 Å². The number of benzene rings is 2. The van der Waals surface area contributed by atoms with Gasteiger partial charge in [0.05, 0.1) is 5.52 Å². The zero-order valence-corrected chi connectivity index (χ0v) is 13.4. The van der Waals surface area contributed by atoms with Crippen LogP contribution in [-0.4, -0.2) is 15.9 Å². The molecule has 0 fully saturated rings. The molecule has 0 atom stereocenters. The quantitative estimate of drug-likeness (QED) is 0.724. The van der Waals surface area contributed by atoms with E-state index in [9.17, 15) is 4.79 Å². The third-order valence-electron chi connectivity index (χ3n) is 3.41. The Morgan fingerprint density at radius 2 is 1.96 bits per heavy atom. The highest BCUT2D eigenvalue weighted by molar-refractivity contribution is 6.05. The Morgan fingerprint density at radius 3 is 2.75 bits per heavy atom. The van der Waals surface area contributed by atoms with Gasteiger partial charge in [0.15, 0.2) is 0 Å². The van der Waals surface area contributed by atoms with E-state index >= 15 is 0 Å². The predicted octanol–water partition coefficient (Wildman–Crippen LogP) is 3.64. The third-order valence-corrected chi connectivity index (χ3v) is 3.41. The molecular weight excluding hydrogens is 300 g/mol. The van der Waals surface area contributed by atoms with Crippen molar-refractivity contribution in [2.45, 2.75) is 13.8 Å². The number of hydrogen-bond acceptors (Lipinski definition) is 4. The van der Waals surface area contributed by atoms with Gasteiger partial charge in [-0.15, -0.1) is 0 Å². The summed E-state index contributed by atoms with van der Waals surface area (Å²) in [6, 6.07) is 13.5. The summed E-state index contributed by atoms with van der Waals surface area (Å²) in [7, 11) is 0. The lowest BCUT2D eigenvalue weighted by atomic mass is 10.2. The van der Waals surface area contributed by atoms with Crippen LogP contribution in [0.1, 0.15) is 12.5 Å². The first-order valence-electron chi connectivity index (χ1n) is 7.48. The van der Waals surface area contributed by atoms with Gasteiger partial charge >= 0.3 is 0 Å². The molecule has 3 rings (SSSR count). The molecule has 1 amide bonds. The van der Waals surface area contributed by atoms with Crippen LogP contribution >= 0.6 is 0 Å². The Bertz CT molecular complexity index is 970. The Morgan fingerprint density at radius 1 is 1.08 bits per heavy atom. The normalized spacial score (nSPS) is 9.92. The van der Waals surface area contributed by atoms with Gasteiger partial charge < -0.3 is 10.6 Å². The smallest absolute Gasteiger partial charge is 0.300 e. The number of rotatable bonds is 3. The number of aryl methyl sites for hydroxylation is 1. The average molecular weight is 316 g/mol. The highest BCUT2D eigenvalue weighted by Crippen LogP contribution is 2.26. The second-order valence-electron chi connectivity index (χ2n) is 5.28. The molecule has 0 saturated heterocycles. The van der Waals surface area contributed by atoms with E-state index in [0.717, 1.165) is 22.2 Å². The molecule has 3 aromatic rings. The maximum absolute atomic E-state index is 11.6. The summed E-state index contributed by atoms with van der Waals surface area (Å²) in [6.45, 7) is 3.66. The molecule has 0 aliphatic rings. The molecule has 0 saturated carbocycles. The minimum Gasteiger partial charge on any atom is -0.340 e. The van der Waals surface area contributed by atoms with Crippen LogP contribution in [0, 0.1) is 18.8 Å². The van der Waals surface area contributed by atoms with E-state index in [1.165, 1.54) is 6.33 Å². The number of hydrogen-bond donors (Lipinski definition) is 2. The molecule has 24 heavy (non-hydrogen) atoms. The molecule has 2 N–H and O–H groups in total. The zero-order valence-electron chi connectivity index (χ0n) is 13.4. The first-order valence-corrected chi connectivity index (χ1v) is 7.48. The van der Waals surface area contributed by atoms with Crippen molar-refractivity contribution in [3.05, 3.63) is 54.4 Å². The molecule has 0 unspecified atom stereocenters. The second-order valence-corrected chi connectivity index (χ2v) is 5.28. The van der Waals surface area contributed by atoms with Crippen molar-refractivity contribution in [1.29, 1.82) is 0 Å². The molecule has 2 aromatic carbocycles. The van der Waals surface area contributed by atoms with Gasteiger partial charge in [-0.1, -0.05) is 18.1 Å². The van der Waals surface area contributed by atoms with Gasteiger partial charge in [0.25, 0.3) is 5.91 Å². The van der Waals surface area contributed by atoms with Crippen LogP contribution in [0.15, 0.2) is 48.8 Å². The van der Waals surface area contributed by atoms with Crippen LogP contribution in [-0.2, 0) is 4.79 Å². The summed E-state index contributed by atoms with van der Waals surface area (Å²) >= 11 is 0. The standard InChI is InChI=1S/C19H16N4O/c1-3-5-18(24)22-15-8-9-17-16(11-15)19(21-12-20-17)23-14-7-4-6-13(2)10-14/h4,6-12H,1-2H3,(H,22,24)(H,20,21,23). The fourth-order valence-electron chi connectivity index (χ4n) is 2.37. The van der Waals surface area contributed by atoms with Crippen molar-refractivity contribution < 1.29 is 4.79 Å². The maximum Gasteiger partial charge on any atom is 0.300 e. The third kappa shape index (κ3) is 3.50. The van der Waals surface area contributed by atoms with E-state index in [-0.39, 0.29) is 5.91 Å². The highest BCUT2D eigenvalue weighted by Gasteiger charge is 2.07. The van der Waals surface area contributed by atoms with Gasteiger partial charge in [-0.05, 0) is 55.7 Å². The molecule has 1 aromatic heterocycles. The number of amides is 1. The number of aromatic nitrogens is 2. The Kier molecular flexibility index (Phi) is 4.39. The van der Waals surface area contributed by atoms with E-state index in [1.807, 2.05) is 43.3 Å². The van der Waals surface area contributed by atoms with Crippen LogP contribution in [0.3, 0.4) is 0 Å². The number of nitrogens with zero attached hydrogens (tertiary/aromatic N) is 2. The molecule has 0 spiro atoms. The predicted molar refractivity (Wildman–Crippen MR) is 96.1 cm³/mol. The molecule has 0 radical (unpaired) electrons. The van der Waals surface area contributed by atoms with Crippen molar-refractivity contribution in [3.63, 3.8) is 0 Å². The maximum atomic E-state index is 11.6. The summed E-state index contributed by atoms with van der Waals surface area (Å²) in [5.74, 6) is 5.37. The van der Waals surface area contributed by atoms with Gasteiger partial charge in [0, 0.05) is 16.8 Å². The van der Waals surface area contributed by atoms with Crippen molar-refractivity contribution >= 4 is 34.0 Å².